The number of fused-ring (bicyclic) bond motifs is 1. The lowest BCUT2D eigenvalue weighted by molar-refractivity contribution is -0.00237. The molecule has 1 atom stereocenters. The predicted octanol–water partition coefficient (Wildman–Crippen LogP) is 1.68. The first-order valence-corrected chi connectivity index (χ1v) is 8.26. The maximum absolute atomic E-state index is 12.6. The lowest BCUT2D eigenvalue weighted by Crippen LogP contribution is -2.41. The van der Waals surface area contributed by atoms with E-state index in [4.69, 9.17) is 21.1 Å². The lowest BCUT2D eigenvalue weighted by atomic mass is 10.1. The van der Waals surface area contributed by atoms with Gasteiger partial charge in [-0.3, -0.25) is 4.79 Å². The molecule has 1 aromatic heterocycles. The van der Waals surface area contributed by atoms with Crippen molar-refractivity contribution in [3.63, 3.8) is 0 Å². The van der Waals surface area contributed by atoms with E-state index in [1.807, 2.05) is 24.3 Å². The van der Waals surface area contributed by atoms with Crippen LogP contribution in [0.3, 0.4) is 0 Å². The number of morpholine rings is 1. The van der Waals surface area contributed by atoms with Gasteiger partial charge in [0.25, 0.3) is 5.91 Å². The highest BCUT2D eigenvalue weighted by atomic mass is 35.5. The Hall–Kier alpha value is -1.96. The smallest absolute Gasteiger partial charge is 0.276 e. The van der Waals surface area contributed by atoms with Gasteiger partial charge in [0.2, 0.25) is 0 Å². The van der Waals surface area contributed by atoms with E-state index in [-0.39, 0.29) is 12.0 Å². The second-order valence-electron chi connectivity index (χ2n) is 5.82. The molecule has 0 saturated carbocycles. The van der Waals surface area contributed by atoms with Crippen LogP contribution in [0.4, 0.5) is 0 Å². The molecule has 24 heavy (non-hydrogen) atoms. The van der Waals surface area contributed by atoms with Crippen LogP contribution >= 0.6 is 11.6 Å². The summed E-state index contributed by atoms with van der Waals surface area (Å²) in [7, 11) is 0. The normalized spacial score (nSPS) is 20.7. The summed E-state index contributed by atoms with van der Waals surface area (Å²) < 4.78 is 13.0. The maximum atomic E-state index is 12.6. The molecule has 4 rings (SSSR count). The van der Waals surface area contributed by atoms with Gasteiger partial charge in [-0.25, -0.2) is 4.68 Å². The average molecular weight is 349 g/mol. The fraction of sp³-hybridized carbons (Fsp3) is 0.438. The summed E-state index contributed by atoms with van der Waals surface area (Å²) in [6.07, 6.45) is -0.122. The Labute approximate surface area is 144 Å². The first kappa shape index (κ1) is 15.6. The van der Waals surface area contributed by atoms with Crippen molar-refractivity contribution in [2.45, 2.75) is 19.3 Å². The third kappa shape index (κ3) is 2.90. The third-order valence-electron chi connectivity index (χ3n) is 4.34. The second-order valence-corrected chi connectivity index (χ2v) is 6.26. The number of hydrogen-bond donors (Lipinski definition) is 0. The zero-order valence-corrected chi connectivity index (χ0v) is 13.8. The van der Waals surface area contributed by atoms with Gasteiger partial charge in [-0.15, -0.1) is 5.10 Å². The highest BCUT2D eigenvalue weighted by molar-refractivity contribution is 6.30. The number of amides is 1. The van der Waals surface area contributed by atoms with E-state index < -0.39 is 0 Å². The van der Waals surface area contributed by atoms with E-state index in [9.17, 15) is 4.79 Å². The largest absolute Gasteiger partial charge is 0.378 e. The third-order valence-corrected chi connectivity index (χ3v) is 4.59. The molecule has 0 bridgehead atoms. The van der Waals surface area contributed by atoms with Crippen LogP contribution in [0.15, 0.2) is 24.3 Å². The quantitative estimate of drug-likeness (QED) is 0.825. The van der Waals surface area contributed by atoms with E-state index in [2.05, 4.69) is 10.3 Å². The van der Waals surface area contributed by atoms with E-state index >= 15 is 0 Å². The Morgan fingerprint density at radius 3 is 2.71 bits per heavy atom. The summed E-state index contributed by atoms with van der Waals surface area (Å²) >= 11 is 5.92. The van der Waals surface area contributed by atoms with Crippen molar-refractivity contribution < 1.29 is 14.3 Å². The Morgan fingerprint density at radius 1 is 1.21 bits per heavy atom. The lowest BCUT2D eigenvalue weighted by Gasteiger charge is -2.27. The maximum Gasteiger partial charge on any atom is 0.276 e. The summed E-state index contributed by atoms with van der Waals surface area (Å²) in [4.78, 5) is 14.4. The molecule has 1 saturated heterocycles. The molecule has 0 N–H and O–H groups in total. The number of carbonyl (C=O) groups excluding carboxylic acids is 1. The van der Waals surface area contributed by atoms with E-state index in [1.54, 1.807) is 9.58 Å². The molecular formula is C16H17ClN4O3. The number of ether oxygens (including phenoxy) is 2. The van der Waals surface area contributed by atoms with Gasteiger partial charge in [0.15, 0.2) is 5.69 Å². The average Bonchev–Trinajstić information content (AvgIpc) is 3.05. The Morgan fingerprint density at radius 2 is 1.96 bits per heavy atom. The van der Waals surface area contributed by atoms with Gasteiger partial charge in [-0.1, -0.05) is 28.9 Å². The van der Waals surface area contributed by atoms with Crippen LogP contribution in [0.25, 0.3) is 0 Å². The van der Waals surface area contributed by atoms with E-state index in [1.165, 1.54) is 0 Å². The molecule has 2 aromatic rings. The number of nitrogens with zero attached hydrogens (tertiary/aromatic N) is 4. The monoisotopic (exact) mass is 348 g/mol. The van der Waals surface area contributed by atoms with E-state index in [0.717, 1.165) is 11.3 Å². The Bertz CT molecular complexity index is 740. The van der Waals surface area contributed by atoms with Gasteiger partial charge in [-0.2, -0.15) is 0 Å². The molecule has 3 heterocycles. The van der Waals surface area contributed by atoms with Crippen molar-refractivity contribution in [1.82, 2.24) is 19.9 Å². The van der Waals surface area contributed by atoms with Crippen LogP contribution < -0.4 is 0 Å². The summed E-state index contributed by atoms with van der Waals surface area (Å²) in [6.45, 7) is 3.12. The highest BCUT2D eigenvalue weighted by Gasteiger charge is 2.30. The molecule has 0 aliphatic carbocycles. The molecule has 2 aliphatic rings. The van der Waals surface area contributed by atoms with Gasteiger partial charge in [0.1, 0.15) is 6.10 Å². The van der Waals surface area contributed by atoms with Crippen LogP contribution in [0.5, 0.6) is 0 Å². The number of hydrogen-bond acceptors (Lipinski definition) is 5. The van der Waals surface area contributed by atoms with Gasteiger partial charge < -0.3 is 14.4 Å². The molecule has 7 nitrogen and oxygen atoms in total. The SMILES string of the molecule is O=C(c1nnn2c1CO[C@H](c1ccc(Cl)cc1)C2)N1CCOCC1. The van der Waals surface area contributed by atoms with Crippen molar-refractivity contribution in [3.05, 3.63) is 46.2 Å². The van der Waals surface area contributed by atoms with Crippen LogP contribution in [-0.2, 0) is 22.6 Å². The van der Waals surface area contributed by atoms with Crippen LogP contribution in [-0.4, -0.2) is 52.1 Å². The molecule has 8 heteroatoms. The zero-order valence-electron chi connectivity index (χ0n) is 13.0. The molecule has 0 spiro atoms. The fourth-order valence-electron chi connectivity index (χ4n) is 2.97. The number of rotatable bonds is 2. The summed E-state index contributed by atoms with van der Waals surface area (Å²) in [5.74, 6) is -0.104. The van der Waals surface area contributed by atoms with Crippen molar-refractivity contribution in [2.75, 3.05) is 26.3 Å². The topological polar surface area (TPSA) is 69.5 Å². The van der Waals surface area contributed by atoms with Crippen molar-refractivity contribution >= 4 is 17.5 Å². The molecule has 1 amide bonds. The molecule has 2 aliphatic heterocycles. The number of carbonyl (C=O) groups is 1. The van der Waals surface area contributed by atoms with E-state index in [0.29, 0.717) is 50.2 Å². The molecule has 126 valence electrons. The Kier molecular flexibility index (Phi) is 4.22. The molecule has 1 fully saturated rings. The highest BCUT2D eigenvalue weighted by Crippen LogP contribution is 2.28. The minimum Gasteiger partial charge on any atom is -0.378 e. The van der Waals surface area contributed by atoms with Crippen molar-refractivity contribution in [1.29, 1.82) is 0 Å². The summed E-state index contributed by atoms with van der Waals surface area (Å²) in [6, 6.07) is 7.55. The number of benzene rings is 1. The van der Waals surface area contributed by atoms with Gasteiger partial charge in [-0.05, 0) is 17.7 Å². The molecule has 0 unspecified atom stereocenters. The van der Waals surface area contributed by atoms with Crippen molar-refractivity contribution in [2.24, 2.45) is 0 Å². The number of halogens is 1. The van der Waals surface area contributed by atoms with Gasteiger partial charge in [0, 0.05) is 18.1 Å². The van der Waals surface area contributed by atoms with Crippen LogP contribution in [0, 0.1) is 0 Å². The second kappa shape index (κ2) is 6.51. The van der Waals surface area contributed by atoms with Gasteiger partial charge in [0.05, 0.1) is 32.1 Å². The molecule has 0 radical (unpaired) electrons. The van der Waals surface area contributed by atoms with Crippen molar-refractivity contribution in [3.8, 4) is 0 Å². The standard InChI is InChI=1S/C16H17ClN4O3/c17-12-3-1-11(2-4-12)14-9-21-13(10-24-14)15(18-19-21)16(22)20-5-7-23-8-6-20/h1-4,14H,5-10H2/t14-/m0/s1. The first-order valence-electron chi connectivity index (χ1n) is 7.89. The minimum absolute atomic E-state index is 0.104. The number of aromatic nitrogens is 3. The fourth-order valence-corrected chi connectivity index (χ4v) is 3.10. The summed E-state index contributed by atoms with van der Waals surface area (Å²) in [5.41, 5.74) is 2.14. The van der Waals surface area contributed by atoms with Crippen LogP contribution in [0.2, 0.25) is 5.02 Å². The van der Waals surface area contributed by atoms with Gasteiger partial charge >= 0.3 is 0 Å². The minimum atomic E-state index is -0.122. The predicted molar refractivity (Wildman–Crippen MR) is 85.7 cm³/mol. The first-order chi connectivity index (χ1) is 11.7. The van der Waals surface area contributed by atoms with Crippen LogP contribution in [0.1, 0.15) is 27.8 Å². The molecular weight excluding hydrogens is 332 g/mol. The Balaban J connectivity index is 1.53. The molecule has 1 aromatic carbocycles. The summed E-state index contributed by atoms with van der Waals surface area (Å²) in [5, 5.41) is 8.93. The zero-order chi connectivity index (χ0) is 16.5.